The monoisotopic (exact) mass is 309 g/mol. The summed E-state index contributed by atoms with van der Waals surface area (Å²) in [5.74, 6) is -0.726. The van der Waals surface area contributed by atoms with Gasteiger partial charge in [0.15, 0.2) is 0 Å². The lowest BCUT2D eigenvalue weighted by Crippen LogP contribution is -2.07. The summed E-state index contributed by atoms with van der Waals surface area (Å²) >= 11 is 7.06. The molecule has 0 aliphatic carbocycles. The number of nitrogens with one attached hydrogen (secondary N) is 1. The first-order chi connectivity index (χ1) is 8.86. The molecule has 1 aromatic carbocycles. The topological polar surface area (TPSA) is 12.0 Å². The minimum Gasteiger partial charge on any atom is -0.378 e. The Labute approximate surface area is 115 Å². The number of hydrogen-bond donors (Lipinski definition) is 1. The van der Waals surface area contributed by atoms with Crippen LogP contribution in [0.4, 0.5) is 23.2 Å². The molecule has 1 nitrogen and oxygen atoms in total. The molecule has 0 atom stereocenters. The Balaban J connectivity index is 2.15. The first-order valence-electron chi connectivity index (χ1n) is 5.20. The van der Waals surface area contributed by atoms with Crippen LogP contribution in [0, 0.1) is 5.82 Å². The third kappa shape index (κ3) is 3.61. The first kappa shape index (κ1) is 14.1. The number of rotatable bonds is 3. The van der Waals surface area contributed by atoms with Gasteiger partial charge in [-0.25, -0.2) is 4.39 Å². The molecule has 0 saturated heterocycles. The Morgan fingerprint density at radius 2 is 1.95 bits per heavy atom. The Morgan fingerprint density at radius 3 is 2.53 bits per heavy atom. The predicted octanol–water partition coefficient (Wildman–Crippen LogP) is 5.17. The van der Waals surface area contributed by atoms with Gasteiger partial charge in [-0.3, -0.25) is 0 Å². The molecule has 0 saturated carbocycles. The van der Waals surface area contributed by atoms with Crippen LogP contribution in [0.25, 0.3) is 0 Å². The van der Waals surface area contributed by atoms with E-state index >= 15 is 0 Å². The highest BCUT2D eigenvalue weighted by Gasteiger charge is 2.31. The van der Waals surface area contributed by atoms with E-state index in [9.17, 15) is 17.6 Å². The van der Waals surface area contributed by atoms with Crippen LogP contribution in [-0.4, -0.2) is 0 Å². The van der Waals surface area contributed by atoms with Crippen molar-refractivity contribution in [3.8, 4) is 0 Å². The second-order valence-electron chi connectivity index (χ2n) is 3.78. The van der Waals surface area contributed by atoms with Crippen molar-refractivity contribution in [2.75, 3.05) is 5.32 Å². The quantitative estimate of drug-likeness (QED) is 0.771. The summed E-state index contributed by atoms with van der Waals surface area (Å²) in [7, 11) is 0. The van der Waals surface area contributed by atoms with Crippen molar-refractivity contribution in [1.82, 2.24) is 0 Å². The van der Waals surface area contributed by atoms with E-state index in [1.54, 1.807) is 11.4 Å². The predicted molar refractivity (Wildman–Crippen MR) is 68.1 cm³/mol. The van der Waals surface area contributed by atoms with Gasteiger partial charge in [0, 0.05) is 16.8 Å². The van der Waals surface area contributed by atoms with Crippen molar-refractivity contribution in [2.45, 2.75) is 12.7 Å². The van der Waals surface area contributed by atoms with E-state index in [4.69, 9.17) is 11.6 Å². The zero-order valence-electron chi connectivity index (χ0n) is 9.39. The summed E-state index contributed by atoms with van der Waals surface area (Å²) in [5.41, 5.74) is -1.07. The molecule has 0 amide bonds. The van der Waals surface area contributed by atoms with Crippen LogP contribution in [0.3, 0.4) is 0 Å². The van der Waals surface area contributed by atoms with Crippen molar-refractivity contribution in [1.29, 1.82) is 0 Å². The minimum atomic E-state index is -4.49. The number of alkyl halides is 3. The van der Waals surface area contributed by atoms with Gasteiger partial charge >= 0.3 is 6.18 Å². The van der Waals surface area contributed by atoms with Crippen LogP contribution in [-0.2, 0) is 12.7 Å². The molecule has 7 heteroatoms. The molecule has 0 radical (unpaired) electrons. The number of benzene rings is 1. The second-order valence-corrected chi connectivity index (χ2v) is 5.21. The molecule has 0 aliphatic heterocycles. The lowest BCUT2D eigenvalue weighted by Gasteiger charge is -2.11. The minimum absolute atomic E-state index is 0.181. The molecule has 0 bridgehead atoms. The smallest absolute Gasteiger partial charge is 0.378 e. The summed E-state index contributed by atoms with van der Waals surface area (Å²) < 4.78 is 50.9. The summed E-state index contributed by atoms with van der Waals surface area (Å²) in [5, 5.41) is 4.87. The Kier molecular flexibility index (Phi) is 4.01. The largest absolute Gasteiger partial charge is 0.416 e. The van der Waals surface area contributed by atoms with Crippen molar-refractivity contribution in [3.63, 3.8) is 0 Å². The third-order valence-corrected chi connectivity index (χ3v) is 3.65. The number of hydrogen-bond acceptors (Lipinski definition) is 2. The Hall–Kier alpha value is -1.27. The van der Waals surface area contributed by atoms with E-state index in [1.165, 1.54) is 11.3 Å². The van der Waals surface area contributed by atoms with E-state index < -0.39 is 17.6 Å². The maximum Gasteiger partial charge on any atom is 0.416 e. The molecular weight excluding hydrogens is 302 g/mol. The van der Waals surface area contributed by atoms with Gasteiger partial charge in [-0.15, -0.1) is 11.3 Å². The SMILES string of the molecule is Fc1ccc(C(F)(F)F)cc1NCc1cc(Cl)cs1. The van der Waals surface area contributed by atoms with Gasteiger partial charge in [0.2, 0.25) is 0 Å². The van der Waals surface area contributed by atoms with Gasteiger partial charge in [0.1, 0.15) is 5.82 Å². The van der Waals surface area contributed by atoms with Crippen LogP contribution >= 0.6 is 22.9 Å². The molecule has 1 heterocycles. The van der Waals surface area contributed by atoms with Crippen molar-refractivity contribution < 1.29 is 17.6 Å². The van der Waals surface area contributed by atoms with Gasteiger partial charge in [-0.1, -0.05) is 11.6 Å². The van der Waals surface area contributed by atoms with E-state index in [0.29, 0.717) is 11.1 Å². The third-order valence-electron chi connectivity index (χ3n) is 2.37. The van der Waals surface area contributed by atoms with Crippen LogP contribution in [0.1, 0.15) is 10.4 Å². The molecule has 19 heavy (non-hydrogen) atoms. The van der Waals surface area contributed by atoms with Crippen LogP contribution in [0.5, 0.6) is 0 Å². The van der Waals surface area contributed by atoms with Crippen LogP contribution in [0.2, 0.25) is 5.02 Å². The fourth-order valence-electron chi connectivity index (χ4n) is 1.47. The summed E-state index contributed by atoms with van der Waals surface area (Å²) in [6.07, 6.45) is -4.49. The Morgan fingerprint density at radius 1 is 1.21 bits per heavy atom. The maximum atomic E-state index is 13.4. The average molecular weight is 310 g/mol. The van der Waals surface area contributed by atoms with Gasteiger partial charge in [-0.2, -0.15) is 13.2 Å². The molecule has 0 aliphatic rings. The number of halogens is 5. The zero-order valence-corrected chi connectivity index (χ0v) is 11.0. The van der Waals surface area contributed by atoms with E-state index in [1.807, 2.05) is 0 Å². The lowest BCUT2D eigenvalue weighted by molar-refractivity contribution is -0.137. The molecule has 1 N–H and O–H groups in total. The number of anilines is 1. The van der Waals surface area contributed by atoms with Crippen molar-refractivity contribution in [3.05, 3.63) is 50.9 Å². The van der Waals surface area contributed by atoms with Gasteiger partial charge in [0.05, 0.1) is 16.3 Å². The molecule has 102 valence electrons. The molecule has 1 aromatic heterocycles. The van der Waals surface area contributed by atoms with E-state index in [0.717, 1.165) is 17.0 Å². The van der Waals surface area contributed by atoms with Crippen molar-refractivity contribution in [2.24, 2.45) is 0 Å². The molecule has 2 aromatic rings. The molecular formula is C12H8ClF4NS. The molecule has 0 unspecified atom stereocenters. The van der Waals surface area contributed by atoms with Crippen LogP contribution in [0.15, 0.2) is 29.6 Å². The normalized spacial score (nSPS) is 11.6. The first-order valence-corrected chi connectivity index (χ1v) is 6.45. The summed E-state index contributed by atoms with van der Waals surface area (Å²) in [4.78, 5) is 0.807. The zero-order chi connectivity index (χ0) is 14.0. The van der Waals surface area contributed by atoms with Crippen molar-refractivity contribution >= 4 is 28.6 Å². The maximum absolute atomic E-state index is 13.4. The standard InChI is InChI=1S/C12H8ClF4NS/c13-8-4-9(19-6-8)5-18-11-3-7(12(15,16)17)1-2-10(11)14/h1-4,6,18H,5H2. The van der Waals surface area contributed by atoms with E-state index in [2.05, 4.69) is 5.32 Å². The van der Waals surface area contributed by atoms with Gasteiger partial charge in [0.25, 0.3) is 0 Å². The van der Waals surface area contributed by atoms with Gasteiger partial charge in [-0.05, 0) is 24.3 Å². The highest BCUT2D eigenvalue weighted by Crippen LogP contribution is 2.32. The fourth-order valence-corrected chi connectivity index (χ4v) is 2.48. The lowest BCUT2D eigenvalue weighted by atomic mass is 10.2. The molecule has 2 rings (SSSR count). The summed E-state index contributed by atoms with van der Waals surface area (Å²) in [6, 6.07) is 3.93. The summed E-state index contributed by atoms with van der Waals surface area (Å²) in [6.45, 7) is 0.218. The van der Waals surface area contributed by atoms with E-state index in [-0.39, 0.29) is 12.2 Å². The van der Waals surface area contributed by atoms with Gasteiger partial charge < -0.3 is 5.32 Å². The highest BCUT2D eigenvalue weighted by atomic mass is 35.5. The molecule has 0 fully saturated rings. The Bertz CT molecular complexity index is 579. The second kappa shape index (κ2) is 5.38. The highest BCUT2D eigenvalue weighted by molar-refractivity contribution is 7.10. The fraction of sp³-hybridized carbons (Fsp3) is 0.167. The average Bonchev–Trinajstić information content (AvgIpc) is 2.72. The molecule has 0 spiro atoms. The van der Waals surface area contributed by atoms with Crippen LogP contribution < -0.4 is 5.32 Å². The number of thiophene rings is 1.